The maximum atomic E-state index is 11.7. The normalized spacial score (nSPS) is 10.3. The summed E-state index contributed by atoms with van der Waals surface area (Å²) < 4.78 is 10.5. The first kappa shape index (κ1) is 17.5. The molecule has 1 N–H and O–H groups in total. The van der Waals surface area contributed by atoms with Crippen molar-refractivity contribution in [1.82, 2.24) is 5.32 Å². The second-order valence-electron chi connectivity index (χ2n) is 5.53. The molecule has 126 valence electrons. The summed E-state index contributed by atoms with van der Waals surface area (Å²) >= 11 is 0. The van der Waals surface area contributed by atoms with E-state index in [2.05, 4.69) is 5.32 Å². The van der Waals surface area contributed by atoms with Crippen LogP contribution in [0.3, 0.4) is 0 Å². The molecule has 0 saturated heterocycles. The molecule has 0 aliphatic heterocycles. The Balaban J connectivity index is 1.91. The summed E-state index contributed by atoms with van der Waals surface area (Å²) in [7, 11) is 0. The van der Waals surface area contributed by atoms with Crippen molar-refractivity contribution >= 4 is 11.9 Å². The molecule has 0 fully saturated rings. The first-order chi connectivity index (χ1) is 11.6. The Hall–Kier alpha value is -2.82. The molecule has 2 rings (SSSR count). The Labute approximate surface area is 141 Å². The fourth-order valence-corrected chi connectivity index (χ4v) is 2.14. The summed E-state index contributed by atoms with van der Waals surface area (Å²) in [5.41, 5.74) is 1.89. The van der Waals surface area contributed by atoms with Crippen LogP contribution in [0.15, 0.2) is 54.6 Å². The van der Waals surface area contributed by atoms with E-state index in [0.717, 1.165) is 11.1 Å². The summed E-state index contributed by atoms with van der Waals surface area (Å²) in [6.45, 7) is 3.12. The van der Waals surface area contributed by atoms with E-state index in [-0.39, 0.29) is 25.2 Å². The molecule has 0 spiro atoms. The quantitative estimate of drug-likeness (QED) is 0.794. The highest BCUT2D eigenvalue weighted by Gasteiger charge is 2.11. The zero-order valence-electron chi connectivity index (χ0n) is 13.8. The summed E-state index contributed by atoms with van der Waals surface area (Å²) in [4.78, 5) is 23.2. The van der Waals surface area contributed by atoms with Gasteiger partial charge in [-0.1, -0.05) is 48.5 Å². The van der Waals surface area contributed by atoms with E-state index in [9.17, 15) is 9.59 Å². The van der Waals surface area contributed by atoms with Gasteiger partial charge in [-0.25, -0.2) is 4.79 Å². The fraction of sp³-hybridized carbons (Fsp3) is 0.263. The summed E-state index contributed by atoms with van der Waals surface area (Å²) in [5, 5.41) is 2.65. The smallest absolute Gasteiger partial charge is 0.344 e. The van der Waals surface area contributed by atoms with Crippen LogP contribution in [0.25, 0.3) is 11.1 Å². The number of carbonyl (C=O) groups excluding carboxylic acids is 2. The molecular weight excluding hydrogens is 306 g/mol. The van der Waals surface area contributed by atoms with Crippen LogP contribution < -0.4 is 10.1 Å². The van der Waals surface area contributed by atoms with Gasteiger partial charge in [0, 0.05) is 11.6 Å². The van der Waals surface area contributed by atoms with Gasteiger partial charge in [-0.3, -0.25) is 4.79 Å². The van der Waals surface area contributed by atoms with Crippen LogP contribution in [0.4, 0.5) is 0 Å². The molecule has 1 amide bonds. The topological polar surface area (TPSA) is 64.6 Å². The Kier molecular flexibility index (Phi) is 6.37. The van der Waals surface area contributed by atoms with E-state index in [1.54, 1.807) is 6.07 Å². The number of benzene rings is 2. The lowest BCUT2D eigenvalue weighted by Gasteiger charge is -2.12. The molecule has 0 unspecified atom stereocenters. The van der Waals surface area contributed by atoms with Crippen molar-refractivity contribution in [1.29, 1.82) is 0 Å². The summed E-state index contributed by atoms with van der Waals surface area (Å²) in [5.74, 6) is -0.327. The predicted octanol–water partition coefficient (Wildman–Crippen LogP) is 2.80. The highest BCUT2D eigenvalue weighted by Crippen LogP contribution is 2.29. The fourth-order valence-electron chi connectivity index (χ4n) is 2.14. The molecular formula is C19H21NO4. The van der Waals surface area contributed by atoms with Crippen LogP contribution in [-0.4, -0.2) is 31.1 Å². The van der Waals surface area contributed by atoms with Gasteiger partial charge in [-0.05, 0) is 25.5 Å². The van der Waals surface area contributed by atoms with Gasteiger partial charge >= 0.3 is 5.97 Å². The first-order valence-electron chi connectivity index (χ1n) is 7.78. The molecule has 0 bridgehead atoms. The van der Waals surface area contributed by atoms with Crippen LogP contribution in [0, 0.1) is 0 Å². The molecule has 0 aromatic heterocycles. The molecule has 0 aliphatic carbocycles. The lowest BCUT2D eigenvalue weighted by molar-refractivity contribution is -0.150. The van der Waals surface area contributed by atoms with E-state index >= 15 is 0 Å². The number of carbonyl (C=O) groups is 2. The molecule has 0 aliphatic rings. The highest BCUT2D eigenvalue weighted by molar-refractivity contribution is 5.81. The van der Waals surface area contributed by atoms with Gasteiger partial charge in [0.15, 0.2) is 13.2 Å². The Morgan fingerprint density at radius 2 is 1.62 bits per heavy atom. The molecule has 0 saturated carbocycles. The van der Waals surface area contributed by atoms with E-state index in [4.69, 9.17) is 9.47 Å². The second-order valence-corrected chi connectivity index (χ2v) is 5.53. The van der Waals surface area contributed by atoms with Gasteiger partial charge < -0.3 is 14.8 Å². The highest BCUT2D eigenvalue weighted by atomic mass is 16.6. The van der Waals surface area contributed by atoms with E-state index in [0.29, 0.717) is 5.75 Å². The van der Waals surface area contributed by atoms with Crippen LogP contribution in [0.1, 0.15) is 13.8 Å². The zero-order valence-corrected chi connectivity index (χ0v) is 13.8. The van der Waals surface area contributed by atoms with Gasteiger partial charge in [0.05, 0.1) is 0 Å². The largest absolute Gasteiger partial charge is 0.481 e. The first-order valence-corrected chi connectivity index (χ1v) is 7.78. The van der Waals surface area contributed by atoms with Crippen LogP contribution in [0.5, 0.6) is 5.75 Å². The number of para-hydroxylation sites is 1. The van der Waals surface area contributed by atoms with E-state index < -0.39 is 5.97 Å². The molecule has 2 aromatic rings. The number of ether oxygens (including phenoxy) is 2. The summed E-state index contributed by atoms with van der Waals surface area (Å²) in [6, 6.07) is 17.2. The number of hydrogen-bond acceptors (Lipinski definition) is 4. The molecule has 2 aromatic carbocycles. The number of rotatable bonds is 7. The minimum Gasteiger partial charge on any atom is -0.481 e. The second kappa shape index (κ2) is 8.72. The predicted molar refractivity (Wildman–Crippen MR) is 91.6 cm³/mol. The minimum atomic E-state index is -0.586. The monoisotopic (exact) mass is 327 g/mol. The third kappa shape index (κ3) is 5.43. The van der Waals surface area contributed by atoms with Crippen LogP contribution in [0.2, 0.25) is 0 Å². The minimum absolute atomic E-state index is 0.00482. The van der Waals surface area contributed by atoms with Crippen molar-refractivity contribution in [2.75, 3.05) is 13.2 Å². The van der Waals surface area contributed by atoms with E-state index in [1.165, 1.54) is 0 Å². The number of esters is 1. The maximum absolute atomic E-state index is 11.7. The summed E-state index contributed by atoms with van der Waals surface area (Å²) in [6.07, 6.45) is 0. The Bertz CT molecular complexity index is 683. The lowest BCUT2D eigenvalue weighted by atomic mass is 10.1. The van der Waals surface area contributed by atoms with Gasteiger partial charge in [0.1, 0.15) is 5.75 Å². The van der Waals surface area contributed by atoms with Crippen molar-refractivity contribution in [2.24, 2.45) is 0 Å². The van der Waals surface area contributed by atoms with Crippen LogP contribution in [-0.2, 0) is 14.3 Å². The van der Waals surface area contributed by atoms with E-state index in [1.807, 2.05) is 62.4 Å². The van der Waals surface area contributed by atoms with Crippen molar-refractivity contribution in [2.45, 2.75) is 19.9 Å². The standard InChI is InChI=1S/C19H21NO4/c1-14(2)20-18(21)12-24-19(22)13-23-17-11-7-6-10-16(17)15-8-4-3-5-9-15/h3-11,14H,12-13H2,1-2H3,(H,20,21). The van der Waals surface area contributed by atoms with Gasteiger partial charge in [-0.2, -0.15) is 0 Å². The van der Waals surface area contributed by atoms with Crippen molar-refractivity contribution in [3.63, 3.8) is 0 Å². The number of hydrogen-bond donors (Lipinski definition) is 1. The lowest BCUT2D eigenvalue weighted by Crippen LogP contribution is -2.34. The zero-order chi connectivity index (χ0) is 17.4. The third-order valence-corrected chi connectivity index (χ3v) is 3.13. The van der Waals surface area contributed by atoms with Gasteiger partial charge in [-0.15, -0.1) is 0 Å². The van der Waals surface area contributed by atoms with Crippen molar-refractivity contribution < 1.29 is 19.1 Å². The number of nitrogens with one attached hydrogen (secondary N) is 1. The molecule has 0 radical (unpaired) electrons. The molecule has 5 nitrogen and oxygen atoms in total. The van der Waals surface area contributed by atoms with Gasteiger partial charge in [0.25, 0.3) is 5.91 Å². The van der Waals surface area contributed by atoms with Gasteiger partial charge in [0.2, 0.25) is 0 Å². The number of amides is 1. The average Bonchev–Trinajstić information content (AvgIpc) is 2.58. The molecule has 0 heterocycles. The third-order valence-electron chi connectivity index (χ3n) is 3.13. The van der Waals surface area contributed by atoms with Crippen molar-refractivity contribution in [3.05, 3.63) is 54.6 Å². The van der Waals surface area contributed by atoms with Crippen LogP contribution >= 0.6 is 0 Å². The average molecular weight is 327 g/mol. The maximum Gasteiger partial charge on any atom is 0.344 e. The Morgan fingerprint density at radius 1 is 0.958 bits per heavy atom. The molecule has 5 heteroatoms. The molecule has 24 heavy (non-hydrogen) atoms. The Morgan fingerprint density at radius 3 is 2.33 bits per heavy atom. The molecule has 0 atom stereocenters. The van der Waals surface area contributed by atoms with Crippen molar-refractivity contribution in [3.8, 4) is 16.9 Å². The SMILES string of the molecule is CC(C)NC(=O)COC(=O)COc1ccccc1-c1ccccc1.